The molecule has 0 fully saturated rings. The number of nitrogen functional groups attached to an aromatic ring is 1. The zero-order valence-corrected chi connectivity index (χ0v) is 11.1. The van der Waals surface area contributed by atoms with Gasteiger partial charge in [-0.1, -0.05) is 6.07 Å². The summed E-state index contributed by atoms with van der Waals surface area (Å²) in [5.41, 5.74) is 7.61. The molecule has 0 atom stereocenters. The third kappa shape index (κ3) is 1.95. The molecule has 1 aliphatic heterocycles. The van der Waals surface area contributed by atoms with Gasteiger partial charge in [0.05, 0.1) is 13.2 Å². The Morgan fingerprint density at radius 3 is 2.70 bits per heavy atom. The molecule has 1 aromatic heterocycles. The van der Waals surface area contributed by atoms with Crippen molar-refractivity contribution in [1.29, 1.82) is 5.26 Å². The molecule has 2 heterocycles. The number of nitriles is 1. The third-order valence-electron chi connectivity index (χ3n) is 3.26. The second kappa shape index (κ2) is 4.82. The molecule has 3 rings (SSSR count). The minimum atomic E-state index is 0.145. The molecule has 0 unspecified atom stereocenters. The predicted molar refractivity (Wildman–Crippen MR) is 73.6 cm³/mol. The van der Waals surface area contributed by atoms with Gasteiger partial charge in [-0.3, -0.25) is 0 Å². The molecule has 0 bridgehead atoms. The molecule has 1 aromatic carbocycles. The standard InChI is InChI=1S/C15H14N2O3/c1-9-14(11(8-16)15(17)20-9)10-3-4-12-13(7-10)19-6-2-5-18-12/h3-4,7H,2,5-6,17H2,1H3. The van der Waals surface area contributed by atoms with E-state index in [1.54, 1.807) is 6.92 Å². The number of hydrogen-bond donors (Lipinski definition) is 1. The van der Waals surface area contributed by atoms with Crippen LogP contribution in [0.1, 0.15) is 17.7 Å². The number of anilines is 1. The molecule has 2 aromatic rings. The summed E-state index contributed by atoms with van der Waals surface area (Å²) in [4.78, 5) is 0. The molecule has 1 aliphatic rings. The maximum Gasteiger partial charge on any atom is 0.209 e. The highest BCUT2D eigenvalue weighted by Gasteiger charge is 2.19. The lowest BCUT2D eigenvalue weighted by molar-refractivity contribution is 0.297. The van der Waals surface area contributed by atoms with E-state index in [1.807, 2.05) is 18.2 Å². The number of ether oxygens (including phenoxy) is 2. The van der Waals surface area contributed by atoms with Crippen LogP contribution in [0.4, 0.5) is 5.88 Å². The summed E-state index contributed by atoms with van der Waals surface area (Å²) >= 11 is 0. The van der Waals surface area contributed by atoms with Crippen molar-refractivity contribution in [2.24, 2.45) is 0 Å². The average molecular weight is 270 g/mol. The van der Waals surface area contributed by atoms with Crippen molar-refractivity contribution in [3.05, 3.63) is 29.5 Å². The maximum absolute atomic E-state index is 9.21. The molecule has 0 amide bonds. The van der Waals surface area contributed by atoms with E-state index in [1.165, 1.54) is 0 Å². The molecule has 5 nitrogen and oxygen atoms in total. The fraction of sp³-hybridized carbons (Fsp3) is 0.267. The van der Waals surface area contributed by atoms with Gasteiger partial charge >= 0.3 is 0 Å². The minimum absolute atomic E-state index is 0.145. The van der Waals surface area contributed by atoms with Gasteiger partial charge in [0, 0.05) is 12.0 Å². The van der Waals surface area contributed by atoms with Crippen molar-refractivity contribution >= 4 is 5.88 Å². The smallest absolute Gasteiger partial charge is 0.209 e. The van der Waals surface area contributed by atoms with Crippen LogP contribution in [0.25, 0.3) is 11.1 Å². The van der Waals surface area contributed by atoms with Crippen molar-refractivity contribution in [2.75, 3.05) is 18.9 Å². The van der Waals surface area contributed by atoms with Gasteiger partial charge in [0.15, 0.2) is 11.5 Å². The van der Waals surface area contributed by atoms with Gasteiger partial charge in [0.2, 0.25) is 5.88 Å². The fourth-order valence-corrected chi connectivity index (χ4v) is 2.34. The second-order valence-electron chi connectivity index (χ2n) is 4.60. The summed E-state index contributed by atoms with van der Waals surface area (Å²) in [5.74, 6) is 2.17. The molecule has 0 saturated carbocycles. The van der Waals surface area contributed by atoms with Crippen molar-refractivity contribution in [3.8, 4) is 28.7 Å². The molecule has 102 valence electrons. The van der Waals surface area contributed by atoms with E-state index in [2.05, 4.69) is 6.07 Å². The van der Waals surface area contributed by atoms with E-state index >= 15 is 0 Å². The van der Waals surface area contributed by atoms with Crippen LogP contribution < -0.4 is 15.2 Å². The van der Waals surface area contributed by atoms with Gasteiger partial charge in [-0.2, -0.15) is 5.26 Å². The first-order valence-corrected chi connectivity index (χ1v) is 6.39. The van der Waals surface area contributed by atoms with Crippen LogP contribution in [0.5, 0.6) is 11.5 Å². The van der Waals surface area contributed by atoms with Crippen LogP contribution in [0.3, 0.4) is 0 Å². The molecule has 5 heteroatoms. The Morgan fingerprint density at radius 1 is 1.20 bits per heavy atom. The molecular formula is C15H14N2O3. The van der Waals surface area contributed by atoms with E-state index in [9.17, 15) is 5.26 Å². The lowest BCUT2D eigenvalue weighted by Crippen LogP contribution is -1.97. The molecule has 0 radical (unpaired) electrons. The highest BCUT2D eigenvalue weighted by atomic mass is 16.5. The molecule has 0 aliphatic carbocycles. The summed E-state index contributed by atoms with van der Waals surface area (Å²) in [7, 11) is 0. The number of nitrogens with two attached hydrogens (primary N) is 1. The Balaban J connectivity index is 2.12. The van der Waals surface area contributed by atoms with Crippen molar-refractivity contribution in [3.63, 3.8) is 0 Å². The zero-order chi connectivity index (χ0) is 14.1. The topological polar surface area (TPSA) is 81.4 Å². The van der Waals surface area contributed by atoms with Crippen molar-refractivity contribution < 1.29 is 13.9 Å². The minimum Gasteiger partial charge on any atom is -0.490 e. The number of aryl methyl sites for hydroxylation is 1. The van der Waals surface area contributed by atoms with Gasteiger partial charge in [-0.25, -0.2) is 0 Å². The van der Waals surface area contributed by atoms with Gasteiger partial charge in [-0.05, 0) is 24.6 Å². The Kier molecular flexibility index (Phi) is 2.99. The first kappa shape index (κ1) is 12.4. The Hall–Kier alpha value is -2.61. The normalized spacial score (nSPS) is 13.6. The van der Waals surface area contributed by atoms with Crippen LogP contribution >= 0.6 is 0 Å². The third-order valence-corrected chi connectivity index (χ3v) is 3.26. The number of furan rings is 1. The van der Waals surface area contributed by atoms with Gasteiger partial charge in [-0.15, -0.1) is 0 Å². The monoisotopic (exact) mass is 270 g/mol. The van der Waals surface area contributed by atoms with E-state index < -0.39 is 0 Å². The predicted octanol–water partition coefficient (Wildman–Crippen LogP) is 2.87. The van der Waals surface area contributed by atoms with Gasteiger partial charge in [0.25, 0.3) is 0 Å². The lowest BCUT2D eigenvalue weighted by atomic mass is 10.0. The lowest BCUT2D eigenvalue weighted by Gasteiger charge is -2.09. The molecule has 20 heavy (non-hydrogen) atoms. The van der Waals surface area contributed by atoms with Crippen LogP contribution in [0.15, 0.2) is 22.6 Å². The summed E-state index contributed by atoms with van der Waals surface area (Å²) in [6, 6.07) is 7.67. The Labute approximate surface area is 116 Å². The first-order valence-electron chi connectivity index (χ1n) is 6.39. The maximum atomic E-state index is 9.21. The average Bonchev–Trinajstić information content (AvgIpc) is 2.62. The van der Waals surface area contributed by atoms with Gasteiger partial charge < -0.3 is 19.6 Å². The van der Waals surface area contributed by atoms with Crippen molar-refractivity contribution in [1.82, 2.24) is 0 Å². The number of hydrogen-bond acceptors (Lipinski definition) is 5. The van der Waals surface area contributed by atoms with Crippen molar-refractivity contribution in [2.45, 2.75) is 13.3 Å². The summed E-state index contributed by atoms with van der Waals surface area (Å²) in [6.07, 6.45) is 0.852. The fourth-order valence-electron chi connectivity index (χ4n) is 2.34. The second-order valence-corrected chi connectivity index (χ2v) is 4.60. The van der Waals surface area contributed by atoms with Crippen LogP contribution in [0.2, 0.25) is 0 Å². The van der Waals surface area contributed by atoms with E-state index in [-0.39, 0.29) is 5.88 Å². The number of nitrogens with zero attached hydrogens (tertiary/aromatic N) is 1. The summed E-state index contributed by atoms with van der Waals surface area (Å²) in [5, 5.41) is 9.21. The number of benzene rings is 1. The zero-order valence-electron chi connectivity index (χ0n) is 11.1. The molecule has 0 spiro atoms. The molecule has 0 saturated heterocycles. The van der Waals surface area contributed by atoms with Gasteiger partial charge in [0.1, 0.15) is 17.4 Å². The van der Waals surface area contributed by atoms with E-state index in [0.717, 1.165) is 17.7 Å². The number of fused-ring (bicyclic) bond motifs is 1. The highest BCUT2D eigenvalue weighted by Crippen LogP contribution is 2.38. The van der Waals surface area contributed by atoms with Crippen LogP contribution in [-0.4, -0.2) is 13.2 Å². The Morgan fingerprint density at radius 2 is 1.95 bits per heavy atom. The van der Waals surface area contributed by atoms with E-state index in [0.29, 0.717) is 35.9 Å². The Bertz CT molecular complexity index is 698. The summed E-state index contributed by atoms with van der Waals surface area (Å²) in [6.45, 7) is 3.05. The summed E-state index contributed by atoms with van der Waals surface area (Å²) < 4.78 is 16.6. The van der Waals surface area contributed by atoms with Crippen LogP contribution in [0, 0.1) is 18.3 Å². The largest absolute Gasteiger partial charge is 0.490 e. The quantitative estimate of drug-likeness (QED) is 0.861. The number of rotatable bonds is 1. The SMILES string of the molecule is Cc1oc(N)c(C#N)c1-c1ccc2c(c1)OCCCO2. The molecule has 2 N–H and O–H groups in total. The van der Waals surface area contributed by atoms with E-state index in [4.69, 9.17) is 19.6 Å². The van der Waals surface area contributed by atoms with Crippen LogP contribution in [-0.2, 0) is 0 Å². The first-order chi connectivity index (χ1) is 9.70. The molecular weight excluding hydrogens is 256 g/mol. The highest BCUT2D eigenvalue weighted by molar-refractivity contribution is 5.78.